The van der Waals surface area contributed by atoms with E-state index in [9.17, 15) is 24.3 Å². The fourth-order valence-corrected chi connectivity index (χ4v) is 9.69. The van der Waals surface area contributed by atoms with Crippen LogP contribution < -0.4 is 20.3 Å². The number of nitrogens with one attached hydrogen (secondary N) is 2. The van der Waals surface area contributed by atoms with E-state index in [-0.39, 0.29) is 55.0 Å². The Hall–Kier alpha value is -6.27. The topological polar surface area (TPSA) is 180 Å². The van der Waals surface area contributed by atoms with Gasteiger partial charge in [0.15, 0.2) is 0 Å². The lowest BCUT2D eigenvalue weighted by Crippen LogP contribution is -2.57. The van der Waals surface area contributed by atoms with Crippen LogP contribution in [0.1, 0.15) is 72.1 Å². The number of aromatic nitrogens is 5. The van der Waals surface area contributed by atoms with Crippen molar-refractivity contribution >= 4 is 46.3 Å². The molecule has 0 radical (unpaired) electrons. The van der Waals surface area contributed by atoms with Gasteiger partial charge in [0.1, 0.15) is 11.6 Å². The summed E-state index contributed by atoms with van der Waals surface area (Å²) in [5.74, 6) is -3.58. The Morgan fingerprint density at radius 3 is 2.55 bits per heavy atom. The molecule has 3 aromatic heterocycles. The fraction of sp³-hybridized carbons (Fsp3) is 0.457. The Balaban J connectivity index is 0.877. The molecule has 4 aliphatic heterocycles. The average molecular weight is 879 g/mol. The van der Waals surface area contributed by atoms with Crippen molar-refractivity contribution in [2.75, 3.05) is 56.2 Å². The summed E-state index contributed by atoms with van der Waals surface area (Å²) in [7, 11) is 1.82. The maximum absolute atomic E-state index is 15.4. The molecule has 0 aliphatic carbocycles. The first-order valence-electron chi connectivity index (χ1n) is 22.0. The lowest BCUT2D eigenvalue weighted by Gasteiger charge is -2.41. The molecule has 0 saturated carbocycles. The van der Waals surface area contributed by atoms with E-state index in [1.54, 1.807) is 32.8 Å². The molecule has 64 heavy (non-hydrogen) atoms. The van der Waals surface area contributed by atoms with Crippen molar-refractivity contribution < 1.29 is 37.8 Å². The molecule has 3 N–H and O–H groups in total. The highest BCUT2D eigenvalue weighted by Gasteiger charge is 2.38. The number of fused-ring (bicyclic) bond motifs is 7. The summed E-state index contributed by atoms with van der Waals surface area (Å²) >= 11 is 0. The number of piperazine rings is 1. The normalized spacial score (nSPS) is 22.3. The third kappa shape index (κ3) is 8.55. The first-order chi connectivity index (χ1) is 30.8. The molecule has 5 aromatic rings. The smallest absolute Gasteiger partial charge is 0.258 e. The Bertz CT molecular complexity index is 2620. The number of rotatable bonds is 6. The maximum atomic E-state index is 15.4. The SMILES string of the molecule is Cc1cc2cc(n1)-c1cnn(C)c1OCCC[C@@H](C)Cn1c(nc3ccc(CN4CCN(C(=O)[C@@H]5CCN(c6cc(F)c([C@H]7CCC(=O)NC7=O)c(F)c6)C5)[C@@H](CO)C4)cc31)NC2=O. The van der Waals surface area contributed by atoms with Crippen LogP contribution in [0.25, 0.3) is 22.3 Å². The van der Waals surface area contributed by atoms with Gasteiger partial charge in [-0.3, -0.25) is 39.7 Å². The van der Waals surface area contributed by atoms with Crippen LogP contribution in [0.4, 0.5) is 20.4 Å². The Morgan fingerprint density at radius 1 is 0.953 bits per heavy atom. The Kier molecular flexibility index (Phi) is 11.9. The number of benzene rings is 2. The highest BCUT2D eigenvalue weighted by molar-refractivity contribution is 6.05. The highest BCUT2D eigenvalue weighted by Crippen LogP contribution is 2.35. The minimum atomic E-state index is -1.09. The van der Waals surface area contributed by atoms with Crippen molar-refractivity contribution in [2.45, 2.75) is 71.0 Å². The molecule has 3 fully saturated rings. The van der Waals surface area contributed by atoms with Gasteiger partial charge in [-0.05, 0) is 80.5 Å². The number of carbonyl (C=O) groups is 4. The highest BCUT2D eigenvalue weighted by atomic mass is 19.1. The summed E-state index contributed by atoms with van der Waals surface area (Å²) in [5.41, 5.74) is 4.99. The van der Waals surface area contributed by atoms with E-state index in [4.69, 9.17) is 14.7 Å². The van der Waals surface area contributed by atoms with E-state index in [0.717, 1.165) is 29.4 Å². The number of hydrogen-bond acceptors (Lipinski definition) is 11. The van der Waals surface area contributed by atoms with Crippen molar-refractivity contribution in [1.82, 2.24) is 39.4 Å². The molecule has 4 amide bonds. The molecule has 4 aliphatic rings. The van der Waals surface area contributed by atoms with Gasteiger partial charge < -0.3 is 24.2 Å². The second-order valence-electron chi connectivity index (χ2n) is 17.7. The molecular weight excluding hydrogens is 827 g/mol. The summed E-state index contributed by atoms with van der Waals surface area (Å²) in [5, 5.41) is 20.2. The quantitative estimate of drug-likeness (QED) is 0.204. The number of anilines is 2. The largest absolute Gasteiger partial charge is 0.477 e. The van der Waals surface area contributed by atoms with Crippen molar-refractivity contribution in [1.29, 1.82) is 0 Å². The van der Waals surface area contributed by atoms with Crippen molar-refractivity contribution in [3.05, 3.63) is 82.7 Å². The van der Waals surface area contributed by atoms with E-state index < -0.39 is 41.3 Å². The van der Waals surface area contributed by atoms with Crippen LogP contribution in [0.3, 0.4) is 0 Å². The van der Waals surface area contributed by atoms with Crippen LogP contribution in [-0.2, 0) is 34.5 Å². The summed E-state index contributed by atoms with van der Waals surface area (Å²) in [6.07, 6.45) is 3.89. The van der Waals surface area contributed by atoms with Gasteiger partial charge in [-0.15, -0.1) is 0 Å². The summed E-state index contributed by atoms with van der Waals surface area (Å²) < 4.78 is 40.7. The van der Waals surface area contributed by atoms with Gasteiger partial charge in [0, 0.05) is 81.8 Å². The molecule has 0 spiro atoms. The van der Waals surface area contributed by atoms with Crippen LogP contribution in [0.5, 0.6) is 5.88 Å². The number of aliphatic hydroxyl groups is 1. The third-order valence-corrected chi connectivity index (χ3v) is 13.0. The third-order valence-electron chi connectivity index (χ3n) is 13.0. The number of hydrogen-bond donors (Lipinski definition) is 3. The number of imide groups is 1. The second kappa shape index (κ2) is 17.7. The number of halogens is 2. The molecule has 2 bridgehead atoms. The molecule has 4 atom stereocenters. The fourth-order valence-electron chi connectivity index (χ4n) is 9.69. The van der Waals surface area contributed by atoms with Crippen molar-refractivity contribution in [2.24, 2.45) is 18.9 Å². The Morgan fingerprint density at radius 2 is 1.77 bits per heavy atom. The molecule has 3 saturated heterocycles. The first-order valence-corrected chi connectivity index (χ1v) is 22.0. The predicted octanol–water partition coefficient (Wildman–Crippen LogP) is 4.53. The summed E-state index contributed by atoms with van der Waals surface area (Å²) in [6.45, 7) is 7.54. The molecule has 9 rings (SSSR count). The van der Waals surface area contributed by atoms with E-state index in [2.05, 4.69) is 38.2 Å². The van der Waals surface area contributed by atoms with Crippen LogP contribution in [0.15, 0.2) is 48.7 Å². The number of amides is 4. The number of piperidine rings is 1. The number of imidazole rings is 1. The van der Waals surface area contributed by atoms with Gasteiger partial charge in [0.25, 0.3) is 5.91 Å². The number of aliphatic hydroxyl groups excluding tert-OH is 1. The lowest BCUT2D eigenvalue weighted by atomic mass is 9.89. The van der Waals surface area contributed by atoms with Gasteiger partial charge in [-0.2, -0.15) is 5.10 Å². The maximum Gasteiger partial charge on any atom is 0.258 e. The average Bonchev–Trinajstić information content (AvgIpc) is 3.99. The molecule has 16 nitrogen and oxygen atoms in total. The van der Waals surface area contributed by atoms with Gasteiger partial charge in [0.2, 0.25) is 29.5 Å². The van der Waals surface area contributed by atoms with Gasteiger partial charge in [-0.25, -0.2) is 18.4 Å². The first kappa shape index (κ1) is 43.0. The monoisotopic (exact) mass is 878 g/mol. The van der Waals surface area contributed by atoms with Crippen LogP contribution >= 0.6 is 0 Å². The van der Waals surface area contributed by atoms with Gasteiger partial charge in [-0.1, -0.05) is 13.0 Å². The summed E-state index contributed by atoms with van der Waals surface area (Å²) in [6, 6.07) is 11.5. The minimum Gasteiger partial charge on any atom is -0.477 e. The van der Waals surface area contributed by atoms with Crippen LogP contribution in [-0.4, -0.2) is 115 Å². The predicted molar refractivity (Wildman–Crippen MR) is 232 cm³/mol. The lowest BCUT2D eigenvalue weighted by molar-refractivity contribution is -0.141. The molecular formula is C46H52F2N10O6. The van der Waals surface area contributed by atoms with Gasteiger partial charge >= 0.3 is 0 Å². The van der Waals surface area contributed by atoms with Gasteiger partial charge in [0.05, 0.1) is 59.6 Å². The number of carbonyl (C=O) groups excluding carboxylic acids is 4. The minimum absolute atomic E-state index is 0.00206. The van der Waals surface area contributed by atoms with Crippen molar-refractivity contribution in [3.8, 4) is 17.1 Å². The number of aryl methyl sites for hydroxylation is 2. The van der Waals surface area contributed by atoms with E-state index >= 15 is 8.78 Å². The zero-order valence-corrected chi connectivity index (χ0v) is 36.1. The molecule has 7 heterocycles. The number of pyridine rings is 1. The second-order valence-corrected chi connectivity index (χ2v) is 17.7. The molecule has 18 heteroatoms. The summed E-state index contributed by atoms with van der Waals surface area (Å²) in [4.78, 5) is 67.1. The van der Waals surface area contributed by atoms with Crippen LogP contribution in [0.2, 0.25) is 0 Å². The number of ether oxygens (including phenoxy) is 1. The zero-order valence-electron chi connectivity index (χ0n) is 36.1. The number of nitrogens with zero attached hydrogens (tertiary/aromatic N) is 8. The molecule has 0 unspecified atom stereocenters. The van der Waals surface area contributed by atoms with E-state index in [0.29, 0.717) is 86.6 Å². The Labute approximate surface area is 368 Å². The zero-order chi connectivity index (χ0) is 44.8. The molecule has 2 aromatic carbocycles. The molecule has 336 valence electrons. The van der Waals surface area contributed by atoms with Crippen LogP contribution in [0, 0.1) is 30.4 Å². The van der Waals surface area contributed by atoms with E-state index in [1.807, 2.05) is 26.1 Å². The standard InChI is InChI=1S/C46H52F2N10O6/c1-26-5-4-14-64-45-34(20-49-54(45)3)38-17-30(15-27(2)50-38)42(61)53-46-51-37-8-6-28(16-39(37)58(46)21-26)22-55-12-13-57(32(24-55)25-59)44(63)29-10-11-56(23-29)31-18-35(47)41(36(48)19-31)33-7-9-40(60)52-43(33)62/h6,8,15-20,26,29,32-33,59H,4-5,7,9-14,21-25H2,1-3H3,(H,51,53,61)(H,52,60,62)/t26-,29-,32-,33-/m1/s1. The van der Waals surface area contributed by atoms with E-state index in [1.165, 1.54) is 12.1 Å². The van der Waals surface area contributed by atoms with Crippen molar-refractivity contribution in [3.63, 3.8) is 0 Å².